The van der Waals surface area contributed by atoms with E-state index in [1.165, 1.54) is 7.11 Å². The fourth-order valence-corrected chi connectivity index (χ4v) is 1.89. The summed E-state index contributed by atoms with van der Waals surface area (Å²) in [4.78, 5) is 23.4. The van der Waals surface area contributed by atoms with Gasteiger partial charge < -0.3 is 10.1 Å². The van der Waals surface area contributed by atoms with E-state index < -0.39 is 23.4 Å². The van der Waals surface area contributed by atoms with Crippen molar-refractivity contribution in [1.82, 2.24) is 10.9 Å². The third-order valence-electron chi connectivity index (χ3n) is 2.99. The summed E-state index contributed by atoms with van der Waals surface area (Å²) in [6, 6.07) is 9.36. The Labute approximate surface area is 136 Å². The minimum atomic E-state index is -0.885. The number of hydrogen-bond acceptors (Lipinski definition) is 4. The highest BCUT2D eigenvalue weighted by Crippen LogP contribution is 2.22. The fraction of sp³-hybridized carbons (Fsp3) is 0.125. The van der Waals surface area contributed by atoms with Gasteiger partial charge in [-0.2, -0.15) is 0 Å². The van der Waals surface area contributed by atoms with Gasteiger partial charge in [0.15, 0.2) is 0 Å². The summed E-state index contributed by atoms with van der Waals surface area (Å²) >= 11 is 0. The van der Waals surface area contributed by atoms with Gasteiger partial charge in [0.25, 0.3) is 11.8 Å². The zero-order valence-corrected chi connectivity index (χ0v) is 12.7. The van der Waals surface area contributed by atoms with Crippen LogP contribution in [-0.2, 0) is 4.79 Å². The van der Waals surface area contributed by atoms with Crippen molar-refractivity contribution in [1.29, 1.82) is 0 Å². The number of carbonyl (C=O) groups is 2. The van der Waals surface area contributed by atoms with Crippen molar-refractivity contribution in [3.63, 3.8) is 0 Å². The highest BCUT2D eigenvalue weighted by Gasteiger charge is 2.10. The molecule has 0 saturated heterocycles. The van der Waals surface area contributed by atoms with Crippen LogP contribution in [0.3, 0.4) is 0 Å². The summed E-state index contributed by atoms with van der Waals surface area (Å²) in [5.74, 6) is -2.59. The van der Waals surface area contributed by atoms with Crippen LogP contribution in [0.2, 0.25) is 0 Å². The van der Waals surface area contributed by atoms with Crippen molar-refractivity contribution >= 4 is 17.5 Å². The van der Waals surface area contributed by atoms with Gasteiger partial charge in [0.05, 0.1) is 19.3 Å². The highest BCUT2D eigenvalue weighted by molar-refractivity contribution is 5.95. The zero-order valence-electron chi connectivity index (χ0n) is 12.7. The molecule has 0 heterocycles. The van der Waals surface area contributed by atoms with Gasteiger partial charge in [-0.1, -0.05) is 12.1 Å². The molecule has 2 aromatic rings. The number of ether oxygens (including phenoxy) is 1. The van der Waals surface area contributed by atoms with E-state index in [0.717, 1.165) is 12.1 Å². The zero-order chi connectivity index (χ0) is 17.5. The van der Waals surface area contributed by atoms with E-state index >= 15 is 0 Å². The molecule has 2 amide bonds. The number of carbonyl (C=O) groups excluding carboxylic acids is 2. The molecule has 0 unspecified atom stereocenters. The maximum absolute atomic E-state index is 13.0. The third kappa shape index (κ3) is 4.67. The molecule has 0 aliphatic carbocycles. The van der Waals surface area contributed by atoms with Gasteiger partial charge in [-0.05, 0) is 24.3 Å². The van der Waals surface area contributed by atoms with Crippen molar-refractivity contribution in [2.45, 2.75) is 0 Å². The average molecular weight is 335 g/mol. The molecule has 2 aromatic carbocycles. The first-order valence-electron chi connectivity index (χ1n) is 6.92. The van der Waals surface area contributed by atoms with Crippen LogP contribution in [0.4, 0.5) is 14.5 Å². The molecule has 0 spiro atoms. The first kappa shape index (κ1) is 17.2. The monoisotopic (exact) mass is 335 g/mol. The number of para-hydroxylation sites is 2. The molecule has 3 N–H and O–H groups in total. The molecule has 0 saturated carbocycles. The molecular weight excluding hydrogens is 320 g/mol. The van der Waals surface area contributed by atoms with E-state index in [1.54, 1.807) is 24.3 Å². The second kappa shape index (κ2) is 7.91. The summed E-state index contributed by atoms with van der Waals surface area (Å²) in [6.45, 7) is -0.141. The van der Waals surface area contributed by atoms with E-state index in [2.05, 4.69) is 16.2 Å². The van der Waals surface area contributed by atoms with Gasteiger partial charge >= 0.3 is 0 Å². The van der Waals surface area contributed by atoms with Crippen LogP contribution in [-0.4, -0.2) is 25.5 Å². The van der Waals surface area contributed by atoms with E-state index in [9.17, 15) is 18.4 Å². The van der Waals surface area contributed by atoms with Crippen LogP contribution in [0, 0.1) is 11.6 Å². The van der Waals surface area contributed by atoms with Gasteiger partial charge in [-0.15, -0.1) is 0 Å². The maximum Gasteiger partial charge on any atom is 0.269 e. The van der Waals surface area contributed by atoms with E-state index in [4.69, 9.17) is 4.74 Å². The molecule has 8 heteroatoms. The second-order valence-electron chi connectivity index (χ2n) is 4.71. The van der Waals surface area contributed by atoms with Crippen LogP contribution in [0.25, 0.3) is 0 Å². The molecule has 0 fully saturated rings. The second-order valence-corrected chi connectivity index (χ2v) is 4.71. The maximum atomic E-state index is 13.0. The lowest BCUT2D eigenvalue weighted by Gasteiger charge is -2.11. The quantitative estimate of drug-likeness (QED) is 0.729. The SMILES string of the molecule is COc1ccccc1NCC(=O)NNC(=O)c1cc(F)cc(F)c1. The Balaban J connectivity index is 1.85. The first-order chi connectivity index (χ1) is 11.5. The number of methoxy groups -OCH3 is 1. The summed E-state index contributed by atoms with van der Waals surface area (Å²) in [5.41, 5.74) is 4.58. The van der Waals surface area contributed by atoms with Gasteiger partial charge in [-0.25, -0.2) is 8.78 Å². The Morgan fingerprint density at radius 1 is 1.04 bits per heavy atom. The Hall–Kier alpha value is -3.16. The van der Waals surface area contributed by atoms with Crippen LogP contribution in [0.5, 0.6) is 5.75 Å². The lowest BCUT2D eigenvalue weighted by molar-refractivity contribution is -0.120. The number of benzene rings is 2. The molecule has 6 nitrogen and oxygen atoms in total. The molecule has 2 rings (SSSR count). The lowest BCUT2D eigenvalue weighted by Crippen LogP contribution is -2.44. The standard InChI is InChI=1S/C16H15F2N3O3/c1-24-14-5-3-2-4-13(14)19-9-15(22)20-21-16(23)10-6-11(17)8-12(18)7-10/h2-8,19H,9H2,1H3,(H,20,22)(H,21,23). The van der Waals surface area contributed by atoms with E-state index in [0.29, 0.717) is 17.5 Å². The van der Waals surface area contributed by atoms with Gasteiger partial charge in [0.2, 0.25) is 0 Å². The molecule has 0 aliphatic heterocycles. The van der Waals surface area contributed by atoms with Crippen molar-refractivity contribution in [2.24, 2.45) is 0 Å². The molecule has 0 bridgehead atoms. The Morgan fingerprint density at radius 2 is 1.71 bits per heavy atom. The number of hydrogen-bond donors (Lipinski definition) is 3. The molecule has 0 aliphatic rings. The van der Waals surface area contributed by atoms with Crippen molar-refractivity contribution in [3.05, 3.63) is 59.7 Å². The van der Waals surface area contributed by atoms with Crippen LogP contribution < -0.4 is 20.9 Å². The minimum absolute atomic E-state index is 0.141. The Kier molecular flexibility index (Phi) is 5.67. The number of nitrogens with one attached hydrogen (secondary N) is 3. The predicted molar refractivity (Wildman–Crippen MR) is 83.5 cm³/mol. The van der Waals surface area contributed by atoms with Crippen LogP contribution in [0.15, 0.2) is 42.5 Å². The molecule has 0 aromatic heterocycles. The summed E-state index contributed by atoms with van der Waals surface area (Å²) in [7, 11) is 1.50. The molecule has 0 atom stereocenters. The van der Waals surface area contributed by atoms with Crippen LogP contribution in [0.1, 0.15) is 10.4 Å². The summed E-state index contributed by atoms with van der Waals surface area (Å²) < 4.78 is 31.2. The topological polar surface area (TPSA) is 79.5 Å². The first-order valence-corrected chi connectivity index (χ1v) is 6.92. The number of halogens is 2. The molecule has 126 valence electrons. The van der Waals surface area contributed by atoms with Gasteiger partial charge in [-0.3, -0.25) is 20.4 Å². The number of anilines is 1. The average Bonchev–Trinajstić information content (AvgIpc) is 2.57. The largest absolute Gasteiger partial charge is 0.495 e. The van der Waals surface area contributed by atoms with Crippen molar-refractivity contribution in [3.8, 4) is 5.75 Å². The lowest BCUT2D eigenvalue weighted by atomic mass is 10.2. The third-order valence-corrected chi connectivity index (χ3v) is 2.99. The predicted octanol–water partition coefficient (Wildman–Crippen LogP) is 1.85. The van der Waals surface area contributed by atoms with Gasteiger partial charge in [0.1, 0.15) is 17.4 Å². The highest BCUT2D eigenvalue weighted by atomic mass is 19.1. The molecular formula is C16H15F2N3O3. The smallest absolute Gasteiger partial charge is 0.269 e. The number of rotatable bonds is 5. The van der Waals surface area contributed by atoms with Gasteiger partial charge in [0, 0.05) is 11.6 Å². The Bertz CT molecular complexity index is 733. The van der Waals surface area contributed by atoms with Crippen molar-refractivity contribution < 1.29 is 23.1 Å². The van der Waals surface area contributed by atoms with Crippen molar-refractivity contribution in [2.75, 3.05) is 19.0 Å². The van der Waals surface area contributed by atoms with Crippen LogP contribution >= 0.6 is 0 Å². The summed E-state index contributed by atoms with van der Waals surface area (Å²) in [6.07, 6.45) is 0. The molecule has 0 radical (unpaired) electrons. The minimum Gasteiger partial charge on any atom is -0.495 e. The normalized spacial score (nSPS) is 9.96. The summed E-state index contributed by atoms with van der Waals surface area (Å²) in [5, 5.41) is 2.84. The number of hydrazine groups is 1. The van der Waals surface area contributed by atoms with E-state index in [-0.39, 0.29) is 12.1 Å². The Morgan fingerprint density at radius 3 is 2.38 bits per heavy atom. The van der Waals surface area contributed by atoms with E-state index in [1.807, 2.05) is 0 Å². The fourth-order valence-electron chi connectivity index (χ4n) is 1.89. The number of amides is 2. The molecule has 24 heavy (non-hydrogen) atoms.